The molecule has 0 saturated carbocycles. The quantitative estimate of drug-likeness (QED) is 0.687. The minimum absolute atomic E-state index is 1.26. The van der Waals surface area contributed by atoms with E-state index in [2.05, 4.69) is 75.2 Å². The van der Waals surface area contributed by atoms with E-state index >= 15 is 0 Å². The number of nitrogens with zero attached hydrogens (tertiary/aromatic N) is 1. The first-order chi connectivity index (χ1) is 7.70. The Morgan fingerprint density at radius 1 is 0.750 bits per heavy atom. The number of para-hydroxylation sites is 2. The molecule has 16 heavy (non-hydrogen) atoms. The molecule has 2 aromatic rings. The molecule has 1 nitrogen and oxygen atoms in total. The van der Waals surface area contributed by atoms with E-state index in [0.717, 1.165) is 0 Å². The second kappa shape index (κ2) is 4.44. The third kappa shape index (κ3) is 1.96. The summed E-state index contributed by atoms with van der Waals surface area (Å²) >= 11 is 0. The highest BCUT2D eigenvalue weighted by Crippen LogP contribution is 2.28. The van der Waals surface area contributed by atoms with E-state index in [1.54, 1.807) is 0 Å². The Bertz CT molecular complexity index is 448. The summed E-state index contributed by atoms with van der Waals surface area (Å²) in [5, 5.41) is 0. The van der Waals surface area contributed by atoms with E-state index in [1.165, 1.54) is 22.5 Å². The van der Waals surface area contributed by atoms with Crippen LogP contribution in [-0.4, -0.2) is 7.98 Å². The topological polar surface area (TPSA) is 3.24 Å². The Labute approximate surface area is 98.2 Å². The van der Waals surface area contributed by atoms with Crippen LogP contribution in [-0.2, 0) is 0 Å². The standard InChI is InChI=1S/C14H16BN/c1-11-7-3-5-9-13(11)16(15)14-10-6-4-8-12(14)2/h3-10H,15H2,1-2H3. The Kier molecular flexibility index (Phi) is 3.00. The van der Waals surface area contributed by atoms with Gasteiger partial charge in [0.25, 0.3) is 0 Å². The van der Waals surface area contributed by atoms with Gasteiger partial charge in [-0.3, -0.25) is 0 Å². The zero-order valence-electron chi connectivity index (χ0n) is 10.1. The van der Waals surface area contributed by atoms with Crippen molar-refractivity contribution in [2.45, 2.75) is 13.8 Å². The summed E-state index contributed by atoms with van der Waals surface area (Å²) < 4.78 is 0. The molecule has 2 aromatic carbocycles. The lowest BCUT2D eigenvalue weighted by molar-refractivity contribution is 1.31. The van der Waals surface area contributed by atoms with Crippen LogP contribution in [0.3, 0.4) is 0 Å². The van der Waals surface area contributed by atoms with Crippen LogP contribution in [0.25, 0.3) is 0 Å². The molecule has 2 heteroatoms. The van der Waals surface area contributed by atoms with Gasteiger partial charge in [-0.1, -0.05) is 36.4 Å². The average molecular weight is 209 g/mol. The smallest absolute Gasteiger partial charge is 0.223 e. The largest absolute Gasteiger partial charge is 0.393 e. The van der Waals surface area contributed by atoms with Crippen LogP contribution in [0.5, 0.6) is 0 Å². The van der Waals surface area contributed by atoms with Crippen molar-refractivity contribution in [3.63, 3.8) is 0 Å². The Hall–Kier alpha value is -1.70. The van der Waals surface area contributed by atoms with Crippen molar-refractivity contribution >= 4 is 19.4 Å². The van der Waals surface area contributed by atoms with Crippen molar-refractivity contribution in [2.24, 2.45) is 0 Å². The normalized spacial score (nSPS) is 10.1. The van der Waals surface area contributed by atoms with Crippen LogP contribution in [0.1, 0.15) is 11.1 Å². The molecule has 0 saturated heterocycles. The fraction of sp³-hybridized carbons (Fsp3) is 0.143. The van der Waals surface area contributed by atoms with Crippen molar-refractivity contribution in [1.29, 1.82) is 0 Å². The maximum atomic E-state index is 2.24. The van der Waals surface area contributed by atoms with Gasteiger partial charge < -0.3 is 4.81 Å². The molecule has 0 bridgehead atoms. The lowest BCUT2D eigenvalue weighted by Crippen LogP contribution is -2.14. The molecule has 0 N–H and O–H groups in total. The van der Waals surface area contributed by atoms with Crippen LogP contribution < -0.4 is 4.81 Å². The first-order valence-corrected chi connectivity index (χ1v) is 5.55. The molecule has 0 aliphatic carbocycles. The molecule has 0 aliphatic heterocycles. The Morgan fingerprint density at radius 2 is 1.12 bits per heavy atom. The fourth-order valence-corrected chi connectivity index (χ4v) is 2.01. The number of aryl methyl sites for hydroxylation is 2. The van der Waals surface area contributed by atoms with Gasteiger partial charge in [0.15, 0.2) is 0 Å². The first kappa shape index (κ1) is 10.8. The van der Waals surface area contributed by atoms with Gasteiger partial charge in [-0.15, -0.1) is 0 Å². The second-order valence-electron chi connectivity index (χ2n) is 4.13. The monoisotopic (exact) mass is 209 g/mol. The minimum atomic E-state index is 1.26. The molecule has 0 unspecified atom stereocenters. The molecule has 0 radical (unpaired) electrons. The molecule has 0 fully saturated rings. The van der Waals surface area contributed by atoms with E-state index < -0.39 is 0 Å². The van der Waals surface area contributed by atoms with Crippen molar-refractivity contribution in [2.75, 3.05) is 4.81 Å². The van der Waals surface area contributed by atoms with Gasteiger partial charge in [0.2, 0.25) is 7.98 Å². The summed E-state index contributed by atoms with van der Waals surface area (Å²) in [4.78, 5) is 2.24. The van der Waals surface area contributed by atoms with E-state index in [0.29, 0.717) is 0 Å². The number of benzene rings is 2. The van der Waals surface area contributed by atoms with E-state index in [9.17, 15) is 0 Å². The lowest BCUT2D eigenvalue weighted by Gasteiger charge is -2.24. The molecule has 2 rings (SSSR count). The average Bonchev–Trinajstić information content (AvgIpc) is 2.29. The molecule has 0 heterocycles. The van der Waals surface area contributed by atoms with E-state index in [1.807, 2.05) is 0 Å². The zero-order chi connectivity index (χ0) is 11.5. The predicted molar refractivity (Wildman–Crippen MR) is 73.0 cm³/mol. The van der Waals surface area contributed by atoms with Crippen LogP contribution in [0.2, 0.25) is 0 Å². The molecular formula is C14H16BN. The van der Waals surface area contributed by atoms with Crippen molar-refractivity contribution in [1.82, 2.24) is 0 Å². The first-order valence-electron chi connectivity index (χ1n) is 5.55. The summed E-state index contributed by atoms with van der Waals surface area (Å²) in [5.74, 6) is 0. The summed E-state index contributed by atoms with van der Waals surface area (Å²) in [6, 6.07) is 16.9. The number of rotatable bonds is 2. The van der Waals surface area contributed by atoms with Gasteiger partial charge in [-0.25, -0.2) is 0 Å². The molecular weight excluding hydrogens is 193 g/mol. The second-order valence-corrected chi connectivity index (χ2v) is 4.13. The molecule has 80 valence electrons. The van der Waals surface area contributed by atoms with Gasteiger partial charge in [-0.2, -0.15) is 0 Å². The summed E-state index contributed by atoms with van der Waals surface area (Å²) in [6.07, 6.45) is 0. The summed E-state index contributed by atoms with van der Waals surface area (Å²) in [6.45, 7) is 4.29. The Morgan fingerprint density at radius 3 is 1.50 bits per heavy atom. The maximum Gasteiger partial charge on any atom is 0.223 e. The predicted octanol–water partition coefficient (Wildman–Crippen LogP) is 2.99. The zero-order valence-corrected chi connectivity index (χ0v) is 10.1. The Balaban J connectivity index is 2.44. The van der Waals surface area contributed by atoms with Gasteiger partial charge in [0.05, 0.1) is 0 Å². The lowest BCUT2D eigenvalue weighted by atomic mass is 10.1. The number of hydrogen-bond donors (Lipinski definition) is 0. The third-order valence-corrected chi connectivity index (χ3v) is 2.95. The van der Waals surface area contributed by atoms with Gasteiger partial charge in [-0.05, 0) is 37.1 Å². The van der Waals surface area contributed by atoms with Crippen LogP contribution in [0, 0.1) is 13.8 Å². The van der Waals surface area contributed by atoms with Gasteiger partial charge in [0, 0.05) is 11.4 Å². The van der Waals surface area contributed by atoms with Crippen molar-refractivity contribution in [3.05, 3.63) is 59.7 Å². The van der Waals surface area contributed by atoms with Crippen LogP contribution in [0.4, 0.5) is 11.4 Å². The van der Waals surface area contributed by atoms with E-state index in [4.69, 9.17) is 0 Å². The highest BCUT2D eigenvalue weighted by atomic mass is 15.0. The molecule has 0 aromatic heterocycles. The highest BCUT2D eigenvalue weighted by molar-refractivity contribution is 6.22. The van der Waals surface area contributed by atoms with Crippen molar-refractivity contribution < 1.29 is 0 Å². The van der Waals surface area contributed by atoms with Crippen LogP contribution >= 0.6 is 0 Å². The number of anilines is 2. The molecule has 0 atom stereocenters. The van der Waals surface area contributed by atoms with Crippen molar-refractivity contribution in [3.8, 4) is 0 Å². The van der Waals surface area contributed by atoms with Crippen LogP contribution in [0.15, 0.2) is 48.5 Å². The number of hydrogen-bond acceptors (Lipinski definition) is 1. The van der Waals surface area contributed by atoms with Gasteiger partial charge in [0.1, 0.15) is 0 Å². The molecule has 0 amide bonds. The van der Waals surface area contributed by atoms with E-state index in [-0.39, 0.29) is 0 Å². The molecule has 0 aliphatic rings. The summed E-state index contributed by atoms with van der Waals surface area (Å²) in [7, 11) is 2.12. The third-order valence-electron chi connectivity index (χ3n) is 2.95. The minimum Gasteiger partial charge on any atom is -0.393 e. The van der Waals surface area contributed by atoms with Gasteiger partial charge >= 0.3 is 0 Å². The maximum absolute atomic E-state index is 2.24. The highest BCUT2D eigenvalue weighted by Gasteiger charge is 2.07. The SMILES string of the molecule is BN(c1ccccc1C)c1ccccc1C. The molecule has 0 spiro atoms. The summed E-state index contributed by atoms with van der Waals surface area (Å²) in [5.41, 5.74) is 5.12. The fourth-order valence-electron chi connectivity index (χ4n) is 2.01.